The number of aromatic nitrogens is 4. The van der Waals surface area contributed by atoms with E-state index in [-0.39, 0.29) is 17.2 Å². The molecule has 4 rings (SSSR count). The van der Waals surface area contributed by atoms with Crippen molar-refractivity contribution in [2.75, 3.05) is 5.32 Å². The van der Waals surface area contributed by atoms with Crippen molar-refractivity contribution in [1.82, 2.24) is 20.0 Å². The number of carbonyl (C=O) groups excluding carboxylic acids is 1. The van der Waals surface area contributed by atoms with E-state index in [1.165, 1.54) is 40.3 Å². The number of carbonyl (C=O) groups is 1. The summed E-state index contributed by atoms with van der Waals surface area (Å²) in [6.07, 6.45) is 1.95. The minimum atomic E-state index is -0.513. The number of non-ortho nitro benzene ring substituents is 1. The summed E-state index contributed by atoms with van der Waals surface area (Å²) in [6, 6.07) is 12.3. The van der Waals surface area contributed by atoms with Gasteiger partial charge in [0.1, 0.15) is 5.82 Å². The van der Waals surface area contributed by atoms with Gasteiger partial charge in [0.05, 0.1) is 16.3 Å². The van der Waals surface area contributed by atoms with Crippen LogP contribution in [-0.4, -0.2) is 30.8 Å². The monoisotopic (exact) mass is 438 g/mol. The van der Waals surface area contributed by atoms with Crippen LogP contribution in [0.2, 0.25) is 0 Å². The molecule has 0 unspecified atom stereocenters. The Hall–Kier alpha value is -3.99. The number of nitro benzene ring substituents is 1. The molecule has 0 atom stereocenters. The van der Waals surface area contributed by atoms with E-state index >= 15 is 0 Å². The first-order valence-electron chi connectivity index (χ1n) is 9.09. The third kappa shape index (κ3) is 4.31. The minimum absolute atomic E-state index is 0.0670. The fourth-order valence-electron chi connectivity index (χ4n) is 2.96. The summed E-state index contributed by atoms with van der Waals surface area (Å²) < 4.78 is 15.2. The summed E-state index contributed by atoms with van der Waals surface area (Å²) in [5, 5.41) is 21.9. The molecule has 2 heterocycles. The number of hydrogen-bond acceptors (Lipinski definition) is 7. The Bertz CT molecular complexity index is 1290. The maximum atomic E-state index is 13.8. The normalized spacial score (nSPS) is 10.8. The number of rotatable bonds is 6. The average molecular weight is 438 g/mol. The lowest BCUT2D eigenvalue weighted by atomic mass is 10.1. The van der Waals surface area contributed by atoms with Crippen molar-refractivity contribution < 1.29 is 14.1 Å². The zero-order chi connectivity index (χ0) is 22.0. The molecular weight excluding hydrogens is 423 g/mol. The van der Waals surface area contributed by atoms with Gasteiger partial charge in [0.2, 0.25) is 0 Å². The van der Waals surface area contributed by atoms with Crippen molar-refractivity contribution in [2.24, 2.45) is 0 Å². The molecule has 31 heavy (non-hydrogen) atoms. The predicted octanol–water partition coefficient (Wildman–Crippen LogP) is 3.92. The van der Waals surface area contributed by atoms with Crippen LogP contribution >= 0.6 is 11.3 Å². The molecule has 1 N–H and O–H groups in total. The molecule has 0 aliphatic carbocycles. The molecule has 0 fully saturated rings. The lowest BCUT2D eigenvalue weighted by Gasteiger charge is -2.03. The maximum Gasteiger partial charge on any atom is 0.279 e. The van der Waals surface area contributed by atoms with E-state index in [9.17, 15) is 19.3 Å². The largest absolute Gasteiger partial charge is 0.296 e. The number of nitro groups is 1. The zero-order valence-corrected chi connectivity index (χ0v) is 17.0. The van der Waals surface area contributed by atoms with Crippen LogP contribution in [0.4, 0.5) is 15.2 Å². The van der Waals surface area contributed by atoms with Crippen LogP contribution < -0.4 is 5.32 Å². The second-order valence-electron chi connectivity index (χ2n) is 6.57. The molecule has 4 aromatic rings. The van der Waals surface area contributed by atoms with E-state index in [1.54, 1.807) is 37.4 Å². The Kier molecular flexibility index (Phi) is 5.50. The number of benzene rings is 2. The molecule has 0 radical (unpaired) electrons. The molecule has 0 spiro atoms. The van der Waals surface area contributed by atoms with Gasteiger partial charge >= 0.3 is 0 Å². The average Bonchev–Trinajstić information content (AvgIpc) is 3.36. The third-order valence-corrected chi connectivity index (χ3v) is 5.40. The highest BCUT2D eigenvalue weighted by Crippen LogP contribution is 2.23. The molecular formula is C20H15FN6O3S. The molecule has 0 aliphatic rings. The Morgan fingerprint density at radius 1 is 1.26 bits per heavy atom. The number of halogens is 1. The molecule has 156 valence electrons. The quantitative estimate of drug-likeness (QED) is 0.360. The van der Waals surface area contributed by atoms with Crippen LogP contribution in [-0.2, 0) is 6.42 Å². The van der Waals surface area contributed by atoms with Crippen molar-refractivity contribution in [1.29, 1.82) is 0 Å². The van der Waals surface area contributed by atoms with Crippen molar-refractivity contribution >= 4 is 28.1 Å². The molecule has 1 amide bonds. The van der Waals surface area contributed by atoms with Gasteiger partial charge in [-0.25, -0.2) is 14.1 Å². The van der Waals surface area contributed by atoms with Gasteiger partial charge in [-0.15, -0.1) is 16.4 Å². The van der Waals surface area contributed by atoms with Gasteiger partial charge in [0.15, 0.2) is 10.8 Å². The second kappa shape index (κ2) is 8.40. The van der Waals surface area contributed by atoms with Gasteiger partial charge in [0, 0.05) is 29.6 Å². The number of nitrogens with zero attached hydrogens (tertiary/aromatic N) is 5. The first-order chi connectivity index (χ1) is 14.9. The summed E-state index contributed by atoms with van der Waals surface area (Å²) in [4.78, 5) is 28.1. The number of thiazole rings is 1. The first kappa shape index (κ1) is 20.3. The van der Waals surface area contributed by atoms with Crippen molar-refractivity contribution in [3.8, 4) is 5.69 Å². The molecule has 0 bridgehead atoms. The van der Waals surface area contributed by atoms with Crippen molar-refractivity contribution in [2.45, 2.75) is 13.3 Å². The van der Waals surface area contributed by atoms with Gasteiger partial charge in [-0.05, 0) is 24.6 Å². The highest BCUT2D eigenvalue weighted by atomic mass is 32.1. The lowest BCUT2D eigenvalue weighted by molar-refractivity contribution is -0.384. The van der Waals surface area contributed by atoms with E-state index in [1.807, 2.05) is 0 Å². The Labute approximate surface area is 179 Å². The smallest absolute Gasteiger partial charge is 0.279 e. The molecule has 0 aliphatic heterocycles. The number of nitrogens with one attached hydrogen (secondary N) is 1. The van der Waals surface area contributed by atoms with Gasteiger partial charge in [-0.1, -0.05) is 29.5 Å². The topological polar surface area (TPSA) is 116 Å². The van der Waals surface area contributed by atoms with E-state index in [4.69, 9.17) is 0 Å². The van der Waals surface area contributed by atoms with Gasteiger partial charge in [-0.3, -0.25) is 20.2 Å². The summed E-state index contributed by atoms with van der Waals surface area (Å²) >= 11 is 1.23. The fourth-order valence-corrected chi connectivity index (χ4v) is 3.79. The predicted molar refractivity (Wildman–Crippen MR) is 112 cm³/mol. The second-order valence-corrected chi connectivity index (χ2v) is 7.68. The Morgan fingerprint density at radius 3 is 2.84 bits per heavy atom. The molecule has 0 saturated heterocycles. The number of hydrogen-bond donors (Lipinski definition) is 1. The van der Waals surface area contributed by atoms with E-state index in [0.29, 0.717) is 28.5 Å². The van der Waals surface area contributed by atoms with Gasteiger partial charge in [-0.2, -0.15) is 0 Å². The minimum Gasteiger partial charge on any atom is -0.296 e. The highest BCUT2D eigenvalue weighted by Gasteiger charge is 2.20. The SMILES string of the molecule is Cc1c(C(=O)Nc2ncc(Cc3ccccc3F)s2)nnn1-c1cccc([N+](=O)[O-])c1. The Morgan fingerprint density at radius 2 is 2.06 bits per heavy atom. The van der Waals surface area contributed by atoms with Crippen LogP contribution in [0, 0.1) is 22.9 Å². The van der Waals surface area contributed by atoms with Crippen LogP contribution in [0.1, 0.15) is 26.6 Å². The zero-order valence-electron chi connectivity index (χ0n) is 16.2. The highest BCUT2D eigenvalue weighted by molar-refractivity contribution is 7.15. The van der Waals surface area contributed by atoms with Gasteiger partial charge in [0.25, 0.3) is 11.6 Å². The lowest BCUT2D eigenvalue weighted by Crippen LogP contribution is -2.14. The first-order valence-corrected chi connectivity index (χ1v) is 9.90. The van der Waals surface area contributed by atoms with Crippen molar-refractivity contribution in [3.05, 3.63) is 92.5 Å². The van der Waals surface area contributed by atoms with E-state index in [2.05, 4.69) is 20.6 Å². The molecule has 11 heteroatoms. The molecule has 0 saturated carbocycles. The molecule has 9 nitrogen and oxygen atoms in total. The summed E-state index contributed by atoms with van der Waals surface area (Å²) in [5.74, 6) is -0.809. The summed E-state index contributed by atoms with van der Waals surface area (Å²) in [5.41, 5.74) is 1.35. The summed E-state index contributed by atoms with van der Waals surface area (Å²) in [7, 11) is 0. The van der Waals surface area contributed by atoms with Crippen LogP contribution in [0.15, 0.2) is 54.7 Å². The van der Waals surface area contributed by atoms with E-state index in [0.717, 1.165) is 4.88 Å². The Balaban J connectivity index is 1.50. The van der Waals surface area contributed by atoms with Crippen molar-refractivity contribution in [3.63, 3.8) is 0 Å². The number of amides is 1. The number of anilines is 1. The third-order valence-electron chi connectivity index (χ3n) is 4.49. The van der Waals surface area contributed by atoms with Gasteiger partial charge < -0.3 is 0 Å². The molecule has 2 aromatic heterocycles. The standard InChI is InChI=1S/C20H15FN6O3S/c1-12-18(24-25-26(12)14-6-4-7-15(10-14)27(29)30)19(28)23-20-22-11-16(31-20)9-13-5-2-3-8-17(13)21/h2-8,10-11H,9H2,1H3,(H,22,23,28). The van der Waals surface area contributed by atoms with Crippen LogP contribution in [0.25, 0.3) is 5.69 Å². The maximum absolute atomic E-state index is 13.8. The van der Waals surface area contributed by atoms with E-state index < -0.39 is 10.8 Å². The van der Waals surface area contributed by atoms with Crippen LogP contribution in [0.3, 0.4) is 0 Å². The van der Waals surface area contributed by atoms with Crippen LogP contribution in [0.5, 0.6) is 0 Å². The molecule has 2 aromatic carbocycles. The fraction of sp³-hybridized carbons (Fsp3) is 0.100. The summed E-state index contributed by atoms with van der Waals surface area (Å²) in [6.45, 7) is 1.64.